The highest BCUT2D eigenvalue weighted by Crippen LogP contribution is 2.52. The van der Waals surface area contributed by atoms with E-state index in [4.69, 9.17) is 0 Å². The summed E-state index contributed by atoms with van der Waals surface area (Å²) < 4.78 is 0. The van der Waals surface area contributed by atoms with Crippen molar-refractivity contribution in [3.63, 3.8) is 0 Å². The molecule has 0 heteroatoms. The zero-order valence-corrected chi connectivity index (χ0v) is 25.5. The fourth-order valence-electron chi connectivity index (χ4n) is 7.74. The first kappa shape index (κ1) is 26.0. The predicted octanol–water partition coefficient (Wildman–Crippen LogP) is 12.5. The van der Waals surface area contributed by atoms with E-state index >= 15 is 0 Å². The summed E-state index contributed by atoms with van der Waals surface area (Å²) in [5.41, 5.74) is 13.2. The van der Waals surface area contributed by atoms with E-state index < -0.39 is 0 Å². The first-order chi connectivity index (χ1) is 22.1. The SMILES string of the molecule is CC1(C)c2ccccc2-c2c(-c3ccc4c(ccc5cc(-c6cc7ccccc7cc6-c6ccccc6)ccc54)c3)cccc21. The molecule has 0 N–H and O–H groups in total. The Balaban J connectivity index is 1.18. The molecule has 45 heavy (non-hydrogen) atoms. The van der Waals surface area contributed by atoms with Crippen LogP contribution in [0.1, 0.15) is 25.0 Å². The molecule has 0 aromatic heterocycles. The average molecular weight is 573 g/mol. The van der Waals surface area contributed by atoms with Gasteiger partial charge in [-0.2, -0.15) is 0 Å². The minimum Gasteiger partial charge on any atom is -0.0622 e. The fourth-order valence-corrected chi connectivity index (χ4v) is 7.74. The Morgan fingerprint density at radius 2 is 0.867 bits per heavy atom. The van der Waals surface area contributed by atoms with Crippen LogP contribution in [0, 0.1) is 0 Å². The topological polar surface area (TPSA) is 0 Å². The Morgan fingerprint density at radius 1 is 0.333 bits per heavy atom. The molecule has 0 atom stereocenters. The maximum Gasteiger partial charge on any atom is 0.0159 e. The van der Waals surface area contributed by atoms with Crippen molar-refractivity contribution >= 4 is 32.3 Å². The minimum atomic E-state index is -0.00187. The van der Waals surface area contributed by atoms with E-state index in [0.29, 0.717) is 0 Å². The molecule has 0 radical (unpaired) electrons. The number of rotatable bonds is 3. The molecule has 9 rings (SSSR count). The molecule has 1 aliphatic carbocycles. The zero-order chi connectivity index (χ0) is 30.1. The highest BCUT2D eigenvalue weighted by Gasteiger charge is 2.36. The normalized spacial score (nSPS) is 13.3. The molecule has 0 amide bonds. The van der Waals surface area contributed by atoms with Gasteiger partial charge in [0.05, 0.1) is 0 Å². The van der Waals surface area contributed by atoms with Crippen LogP contribution in [0.3, 0.4) is 0 Å². The molecule has 0 aliphatic heterocycles. The van der Waals surface area contributed by atoms with Crippen molar-refractivity contribution in [1.29, 1.82) is 0 Å². The van der Waals surface area contributed by atoms with Crippen LogP contribution in [-0.2, 0) is 5.41 Å². The Labute approximate surface area is 264 Å². The lowest BCUT2D eigenvalue weighted by Crippen LogP contribution is -2.14. The molecule has 8 aromatic carbocycles. The van der Waals surface area contributed by atoms with Crippen molar-refractivity contribution in [3.8, 4) is 44.5 Å². The maximum atomic E-state index is 2.38. The van der Waals surface area contributed by atoms with Crippen LogP contribution in [0.5, 0.6) is 0 Å². The van der Waals surface area contributed by atoms with Gasteiger partial charge in [-0.3, -0.25) is 0 Å². The molecular weight excluding hydrogens is 540 g/mol. The summed E-state index contributed by atoms with van der Waals surface area (Å²) in [6.45, 7) is 4.70. The molecule has 0 spiro atoms. The third kappa shape index (κ3) is 3.99. The summed E-state index contributed by atoms with van der Waals surface area (Å²) in [7, 11) is 0. The maximum absolute atomic E-state index is 2.38. The van der Waals surface area contributed by atoms with Crippen LogP contribution in [0.4, 0.5) is 0 Å². The van der Waals surface area contributed by atoms with Crippen LogP contribution in [0.25, 0.3) is 76.8 Å². The first-order valence-electron chi connectivity index (χ1n) is 15.9. The van der Waals surface area contributed by atoms with Gasteiger partial charge < -0.3 is 0 Å². The van der Waals surface area contributed by atoms with Crippen LogP contribution >= 0.6 is 0 Å². The summed E-state index contributed by atoms with van der Waals surface area (Å²) in [6, 6.07) is 58.4. The smallest absolute Gasteiger partial charge is 0.0159 e. The second kappa shape index (κ2) is 9.78. The Kier molecular flexibility index (Phi) is 5.64. The van der Waals surface area contributed by atoms with Gasteiger partial charge in [0, 0.05) is 5.41 Å². The molecule has 0 fully saturated rings. The van der Waals surface area contributed by atoms with Gasteiger partial charge in [0.15, 0.2) is 0 Å². The van der Waals surface area contributed by atoms with Crippen molar-refractivity contribution in [2.75, 3.05) is 0 Å². The van der Waals surface area contributed by atoms with Crippen LogP contribution in [0.2, 0.25) is 0 Å². The first-order valence-corrected chi connectivity index (χ1v) is 15.9. The monoisotopic (exact) mass is 572 g/mol. The average Bonchev–Trinajstić information content (AvgIpc) is 3.34. The van der Waals surface area contributed by atoms with E-state index in [1.165, 1.54) is 88.0 Å². The summed E-state index contributed by atoms with van der Waals surface area (Å²) in [4.78, 5) is 0. The summed E-state index contributed by atoms with van der Waals surface area (Å²) in [5.74, 6) is 0. The predicted molar refractivity (Wildman–Crippen MR) is 193 cm³/mol. The van der Waals surface area contributed by atoms with Crippen molar-refractivity contribution in [1.82, 2.24) is 0 Å². The van der Waals surface area contributed by atoms with Crippen LogP contribution in [-0.4, -0.2) is 0 Å². The van der Waals surface area contributed by atoms with Crippen LogP contribution in [0.15, 0.2) is 158 Å². The Bertz CT molecular complexity index is 2440. The van der Waals surface area contributed by atoms with Gasteiger partial charge in [-0.25, -0.2) is 0 Å². The van der Waals surface area contributed by atoms with E-state index in [2.05, 4.69) is 172 Å². The number of benzene rings is 8. The van der Waals surface area contributed by atoms with Gasteiger partial charge in [-0.05, 0) is 112 Å². The molecule has 0 nitrogen and oxygen atoms in total. The van der Waals surface area contributed by atoms with Gasteiger partial charge in [0.1, 0.15) is 0 Å². The molecule has 0 bridgehead atoms. The molecule has 0 heterocycles. The molecule has 0 saturated heterocycles. The Morgan fingerprint density at radius 3 is 1.56 bits per heavy atom. The second-order valence-electron chi connectivity index (χ2n) is 12.9. The number of fused-ring (bicyclic) bond motifs is 7. The third-order valence-corrected chi connectivity index (χ3v) is 10.0. The molecular formula is C45H32. The fraction of sp³-hybridized carbons (Fsp3) is 0.0667. The van der Waals surface area contributed by atoms with Crippen molar-refractivity contribution < 1.29 is 0 Å². The largest absolute Gasteiger partial charge is 0.0622 e. The number of hydrogen-bond acceptors (Lipinski definition) is 0. The van der Waals surface area contributed by atoms with E-state index in [1.54, 1.807) is 0 Å². The van der Waals surface area contributed by atoms with Crippen molar-refractivity contribution in [3.05, 3.63) is 169 Å². The van der Waals surface area contributed by atoms with E-state index in [9.17, 15) is 0 Å². The van der Waals surface area contributed by atoms with Crippen molar-refractivity contribution in [2.45, 2.75) is 19.3 Å². The third-order valence-electron chi connectivity index (χ3n) is 10.0. The zero-order valence-electron chi connectivity index (χ0n) is 25.5. The molecule has 1 aliphatic rings. The lowest BCUT2D eigenvalue weighted by atomic mass is 9.82. The van der Waals surface area contributed by atoms with E-state index in [1.807, 2.05) is 0 Å². The van der Waals surface area contributed by atoms with E-state index in [-0.39, 0.29) is 5.41 Å². The highest BCUT2D eigenvalue weighted by molar-refractivity contribution is 6.10. The van der Waals surface area contributed by atoms with Gasteiger partial charge in [0.2, 0.25) is 0 Å². The van der Waals surface area contributed by atoms with Gasteiger partial charge >= 0.3 is 0 Å². The lowest BCUT2D eigenvalue weighted by Gasteiger charge is -2.21. The molecule has 212 valence electrons. The lowest BCUT2D eigenvalue weighted by molar-refractivity contribution is 0.660. The number of hydrogen-bond donors (Lipinski definition) is 0. The van der Waals surface area contributed by atoms with E-state index in [0.717, 1.165) is 0 Å². The summed E-state index contributed by atoms with van der Waals surface area (Å²) >= 11 is 0. The van der Waals surface area contributed by atoms with Gasteiger partial charge in [-0.15, -0.1) is 0 Å². The summed E-state index contributed by atoms with van der Waals surface area (Å²) in [5, 5.41) is 7.63. The van der Waals surface area contributed by atoms with Gasteiger partial charge in [-0.1, -0.05) is 147 Å². The molecule has 0 saturated carbocycles. The Hall–Kier alpha value is -5.46. The quantitative estimate of drug-likeness (QED) is 0.185. The van der Waals surface area contributed by atoms with Crippen molar-refractivity contribution in [2.24, 2.45) is 0 Å². The van der Waals surface area contributed by atoms with Crippen LogP contribution < -0.4 is 0 Å². The highest BCUT2D eigenvalue weighted by atomic mass is 14.4. The summed E-state index contributed by atoms with van der Waals surface area (Å²) in [6.07, 6.45) is 0. The molecule has 0 unspecified atom stereocenters. The standard InChI is InChI=1S/C45H32/c1-45(2)42-17-9-8-15-39(42)44-38(16-10-18-43(44)45)34-21-23-36-32(25-34)19-20-33-26-35(22-24-37(33)36)41-28-31-14-7-6-13-30(31)27-40(41)29-11-4-3-5-12-29/h3-28H,1-2H3. The molecule has 8 aromatic rings. The minimum absolute atomic E-state index is 0.00187. The van der Waals surface area contributed by atoms with Gasteiger partial charge in [0.25, 0.3) is 0 Å². The second-order valence-corrected chi connectivity index (χ2v) is 12.9.